The zero-order valence-electron chi connectivity index (χ0n) is 9.93. The summed E-state index contributed by atoms with van der Waals surface area (Å²) in [6.45, 7) is 5.22. The van der Waals surface area contributed by atoms with Gasteiger partial charge < -0.3 is 11.1 Å². The predicted octanol–water partition coefficient (Wildman–Crippen LogP) is 1.87. The Bertz CT molecular complexity index is 331. The minimum atomic E-state index is -0.133. The summed E-state index contributed by atoms with van der Waals surface area (Å²) in [6.07, 6.45) is 0.925. The van der Waals surface area contributed by atoms with E-state index in [-0.39, 0.29) is 30.7 Å². The molecule has 1 rings (SSSR count). The van der Waals surface area contributed by atoms with Gasteiger partial charge in [0.2, 0.25) is 0 Å². The van der Waals surface area contributed by atoms with Crippen molar-refractivity contribution in [2.45, 2.75) is 20.3 Å². The van der Waals surface area contributed by atoms with Crippen LogP contribution in [0.15, 0.2) is 5.38 Å². The molecule has 0 saturated heterocycles. The number of carbonyl (C=O) groups excluding carboxylic acids is 1. The Hall–Kier alpha value is -0.360. The summed E-state index contributed by atoms with van der Waals surface area (Å²) in [6, 6.07) is 0. The molecule has 3 N–H and O–H groups in total. The van der Waals surface area contributed by atoms with Crippen LogP contribution in [0.4, 0.5) is 0 Å². The molecule has 0 spiro atoms. The lowest BCUT2D eigenvalue weighted by Crippen LogP contribution is -2.29. The minimum Gasteiger partial charge on any atom is -0.349 e. The number of nitrogens with zero attached hydrogens (tertiary/aromatic N) is 1. The second-order valence-electron chi connectivity index (χ2n) is 3.77. The van der Waals surface area contributed by atoms with E-state index < -0.39 is 0 Å². The van der Waals surface area contributed by atoms with Gasteiger partial charge in [-0.05, 0) is 5.92 Å². The average molecular weight is 300 g/mol. The number of hydrogen-bond donors (Lipinski definition) is 2. The van der Waals surface area contributed by atoms with Crippen molar-refractivity contribution in [2.75, 3.05) is 13.1 Å². The molecular weight excluding hydrogens is 281 g/mol. The van der Waals surface area contributed by atoms with Gasteiger partial charge in [-0.15, -0.1) is 36.2 Å². The van der Waals surface area contributed by atoms with Crippen molar-refractivity contribution >= 4 is 42.1 Å². The highest BCUT2D eigenvalue weighted by atomic mass is 35.5. The van der Waals surface area contributed by atoms with Gasteiger partial charge in [0.25, 0.3) is 5.91 Å². The first kappa shape index (κ1) is 19.0. The SMILES string of the molecule is CC(C)Cc1nc(C(=O)NCCN)cs1.Cl.Cl. The fourth-order valence-corrected chi connectivity index (χ4v) is 2.12. The summed E-state index contributed by atoms with van der Waals surface area (Å²) in [7, 11) is 0. The zero-order valence-corrected chi connectivity index (χ0v) is 12.4. The molecule has 1 aromatic rings. The number of rotatable bonds is 5. The average Bonchev–Trinajstić information content (AvgIpc) is 2.61. The highest BCUT2D eigenvalue weighted by Crippen LogP contribution is 2.13. The van der Waals surface area contributed by atoms with E-state index >= 15 is 0 Å². The van der Waals surface area contributed by atoms with Crippen LogP contribution in [0.1, 0.15) is 29.3 Å². The first-order valence-electron chi connectivity index (χ1n) is 5.06. The lowest BCUT2D eigenvalue weighted by atomic mass is 10.1. The van der Waals surface area contributed by atoms with Crippen LogP contribution in [0.3, 0.4) is 0 Å². The molecule has 7 heteroatoms. The summed E-state index contributed by atoms with van der Waals surface area (Å²) in [5, 5.41) is 5.51. The molecule has 0 aromatic carbocycles. The summed E-state index contributed by atoms with van der Waals surface area (Å²) >= 11 is 1.54. The fourth-order valence-electron chi connectivity index (χ4n) is 1.13. The van der Waals surface area contributed by atoms with Crippen molar-refractivity contribution in [1.82, 2.24) is 10.3 Å². The van der Waals surface area contributed by atoms with Gasteiger partial charge in [-0.1, -0.05) is 13.8 Å². The minimum absolute atomic E-state index is 0. The van der Waals surface area contributed by atoms with Crippen LogP contribution in [-0.4, -0.2) is 24.0 Å². The van der Waals surface area contributed by atoms with Crippen molar-refractivity contribution in [3.05, 3.63) is 16.1 Å². The van der Waals surface area contributed by atoms with Gasteiger partial charge in [0.15, 0.2) is 0 Å². The van der Waals surface area contributed by atoms with Crippen molar-refractivity contribution in [1.29, 1.82) is 0 Å². The highest BCUT2D eigenvalue weighted by molar-refractivity contribution is 7.09. The van der Waals surface area contributed by atoms with Crippen molar-refractivity contribution in [3.63, 3.8) is 0 Å². The summed E-state index contributed by atoms with van der Waals surface area (Å²) < 4.78 is 0. The molecule has 0 aliphatic carbocycles. The van der Waals surface area contributed by atoms with E-state index in [0.29, 0.717) is 24.7 Å². The first-order valence-corrected chi connectivity index (χ1v) is 5.94. The molecule has 0 radical (unpaired) electrons. The molecule has 1 aromatic heterocycles. The predicted molar refractivity (Wildman–Crippen MR) is 76.5 cm³/mol. The fraction of sp³-hybridized carbons (Fsp3) is 0.600. The number of hydrogen-bond acceptors (Lipinski definition) is 4. The van der Waals surface area contributed by atoms with E-state index in [4.69, 9.17) is 5.73 Å². The molecule has 0 saturated carbocycles. The van der Waals surface area contributed by atoms with E-state index in [1.165, 1.54) is 11.3 Å². The Morgan fingerprint density at radius 2 is 2.18 bits per heavy atom. The van der Waals surface area contributed by atoms with Gasteiger partial charge in [0.05, 0.1) is 5.01 Å². The van der Waals surface area contributed by atoms with Gasteiger partial charge >= 0.3 is 0 Å². The number of aromatic nitrogens is 1. The molecule has 4 nitrogen and oxygen atoms in total. The number of halogens is 2. The van der Waals surface area contributed by atoms with Crippen LogP contribution in [0.2, 0.25) is 0 Å². The van der Waals surface area contributed by atoms with E-state index in [2.05, 4.69) is 24.1 Å². The first-order chi connectivity index (χ1) is 7.13. The van der Waals surface area contributed by atoms with Crippen LogP contribution in [0.25, 0.3) is 0 Å². The molecule has 1 amide bonds. The highest BCUT2D eigenvalue weighted by Gasteiger charge is 2.10. The molecular formula is C10H19Cl2N3OS. The van der Waals surface area contributed by atoms with Crippen LogP contribution >= 0.6 is 36.2 Å². The maximum absolute atomic E-state index is 11.5. The van der Waals surface area contributed by atoms with Crippen molar-refractivity contribution < 1.29 is 4.79 Å². The molecule has 0 atom stereocenters. The normalized spacial score (nSPS) is 9.41. The monoisotopic (exact) mass is 299 g/mol. The molecule has 1 heterocycles. The maximum atomic E-state index is 11.5. The van der Waals surface area contributed by atoms with E-state index in [1.807, 2.05) is 0 Å². The van der Waals surface area contributed by atoms with Gasteiger partial charge in [0, 0.05) is 24.9 Å². The van der Waals surface area contributed by atoms with Crippen LogP contribution in [0, 0.1) is 5.92 Å². The molecule has 0 bridgehead atoms. The van der Waals surface area contributed by atoms with Crippen molar-refractivity contribution in [3.8, 4) is 0 Å². The molecule has 0 aliphatic heterocycles. The number of thiazole rings is 1. The van der Waals surface area contributed by atoms with Gasteiger partial charge in [-0.2, -0.15) is 0 Å². The molecule has 17 heavy (non-hydrogen) atoms. The number of nitrogens with one attached hydrogen (secondary N) is 1. The van der Waals surface area contributed by atoms with E-state index in [0.717, 1.165) is 11.4 Å². The Morgan fingerprint density at radius 1 is 1.53 bits per heavy atom. The maximum Gasteiger partial charge on any atom is 0.270 e. The van der Waals surface area contributed by atoms with Gasteiger partial charge in [-0.25, -0.2) is 4.98 Å². The van der Waals surface area contributed by atoms with Gasteiger partial charge in [-0.3, -0.25) is 4.79 Å². The molecule has 0 unspecified atom stereocenters. The standard InChI is InChI=1S/C10H17N3OS.2ClH/c1-7(2)5-9-13-8(6-15-9)10(14)12-4-3-11;;/h6-7H,3-5,11H2,1-2H3,(H,12,14);2*1H. The Kier molecular flexibility index (Phi) is 10.8. The Balaban J connectivity index is 0. The largest absolute Gasteiger partial charge is 0.349 e. The third kappa shape index (κ3) is 6.83. The number of nitrogens with two attached hydrogens (primary N) is 1. The quantitative estimate of drug-likeness (QED) is 0.872. The van der Waals surface area contributed by atoms with E-state index in [9.17, 15) is 4.79 Å². The summed E-state index contributed by atoms with van der Waals surface area (Å²) in [5.74, 6) is 0.433. The zero-order chi connectivity index (χ0) is 11.3. The smallest absolute Gasteiger partial charge is 0.270 e. The summed E-state index contributed by atoms with van der Waals surface area (Å²) in [4.78, 5) is 15.7. The molecule has 0 fully saturated rings. The number of amides is 1. The van der Waals surface area contributed by atoms with E-state index in [1.54, 1.807) is 5.38 Å². The number of carbonyl (C=O) groups is 1. The molecule has 100 valence electrons. The van der Waals surface area contributed by atoms with Crippen LogP contribution in [0.5, 0.6) is 0 Å². The van der Waals surface area contributed by atoms with Crippen molar-refractivity contribution in [2.24, 2.45) is 11.7 Å². The second kappa shape index (κ2) is 9.65. The second-order valence-corrected chi connectivity index (χ2v) is 4.71. The summed E-state index contributed by atoms with van der Waals surface area (Å²) in [5.41, 5.74) is 5.80. The molecule has 0 aliphatic rings. The third-order valence-corrected chi connectivity index (χ3v) is 2.67. The van der Waals surface area contributed by atoms with Crippen LogP contribution in [-0.2, 0) is 6.42 Å². The Morgan fingerprint density at radius 3 is 2.71 bits per heavy atom. The third-order valence-electron chi connectivity index (χ3n) is 1.80. The Labute approximate surface area is 118 Å². The lowest BCUT2D eigenvalue weighted by molar-refractivity contribution is 0.0950. The van der Waals surface area contributed by atoms with Crippen LogP contribution < -0.4 is 11.1 Å². The lowest BCUT2D eigenvalue weighted by Gasteiger charge is -2.00. The topological polar surface area (TPSA) is 68.0 Å². The van der Waals surface area contributed by atoms with Gasteiger partial charge in [0.1, 0.15) is 5.69 Å².